The third kappa shape index (κ3) is 3.22. The Morgan fingerprint density at radius 2 is 1.67 bits per heavy atom. The Bertz CT molecular complexity index is 255. The van der Waals surface area contributed by atoms with Gasteiger partial charge < -0.3 is 0 Å². The van der Waals surface area contributed by atoms with Gasteiger partial charge in [0.15, 0.2) is 0 Å². The molecule has 1 aliphatic carbocycles. The van der Waals surface area contributed by atoms with Crippen LogP contribution in [0, 0.1) is 5.92 Å². The molecule has 15 heavy (non-hydrogen) atoms. The minimum atomic E-state index is 0.725. The molecular formula is C15H26. The van der Waals surface area contributed by atoms with E-state index in [0.29, 0.717) is 0 Å². The SMILES string of the molecule is CCCCC1=CC(CCCC)=C(C)C1C. The lowest BCUT2D eigenvalue weighted by Gasteiger charge is -2.11. The minimum Gasteiger partial charge on any atom is -0.0654 e. The normalized spacial score (nSPS) is 21.1. The largest absolute Gasteiger partial charge is 0.0654 e. The monoisotopic (exact) mass is 206 g/mol. The van der Waals surface area contributed by atoms with E-state index >= 15 is 0 Å². The average Bonchev–Trinajstić information content (AvgIpc) is 2.51. The second-order valence-corrected chi connectivity index (χ2v) is 4.86. The minimum absolute atomic E-state index is 0.725. The standard InChI is InChI=1S/C15H26/c1-5-7-9-14-11-15(10-8-6-2)13(4)12(14)3/h11-12H,5-10H2,1-4H3. The third-order valence-corrected chi connectivity index (χ3v) is 3.69. The van der Waals surface area contributed by atoms with E-state index in [1.54, 1.807) is 16.7 Å². The Balaban J connectivity index is 2.57. The zero-order valence-corrected chi connectivity index (χ0v) is 10.9. The summed E-state index contributed by atoms with van der Waals surface area (Å²) in [5, 5.41) is 0. The van der Waals surface area contributed by atoms with Crippen LogP contribution in [0.2, 0.25) is 0 Å². The van der Waals surface area contributed by atoms with Crippen molar-refractivity contribution in [2.45, 2.75) is 66.2 Å². The maximum Gasteiger partial charge on any atom is -0.00152 e. The Morgan fingerprint density at radius 3 is 2.27 bits per heavy atom. The van der Waals surface area contributed by atoms with Crippen molar-refractivity contribution in [1.82, 2.24) is 0 Å². The van der Waals surface area contributed by atoms with Crippen LogP contribution in [0.1, 0.15) is 66.2 Å². The smallest absolute Gasteiger partial charge is 0.00152 e. The first-order valence-electron chi connectivity index (χ1n) is 6.60. The van der Waals surface area contributed by atoms with Gasteiger partial charge in [0.1, 0.15) is 0 Å². The van der Waals surface area contributed by atoms with Crippen LogP contribution >= 0.6 is 0 Å². The van der Waals surface area contributed by atoms with Crippen molar-refractivity contribution >= 4 is 0 Å². The number of hydrogen-bond acceptors (Lipinski definition) is 0. The van der Waals surface area contributed by atoms with Crippen molar-refractivity contribution < 1.29 is 0 Å². The van der Waals surface area contributed by atoms with Crippen molar-refractivity contribution in [2.75, 3.05) is 0 Å². The molecule has 0 fully saturated rings. The van der Waals surface area contributed by atoms with E-state index in [4.69, 9.17) is 0 Å². The fraction of sp³-hybridized carbons (Fsp3) is 0.733. The molecule has 0 saturated heterocycles. The van der Waals surface area contributed by atoms with Crippen molar-refractivity contribution in [3.63, 3.8) is 0 Å². The first-order chi connectivity index (χ1) is 7.20. The van der Waals surface area contributed by atoms with E-state index in [2.05, 4.69) is 33.8 Å². The lowest BCUT2D eigenvalue weighted by atomic mass is 9.94. The van der Waals surface area contributed by atoms with Gasteiger partial charge in [0.2, 0.25) is 0 Å². The first-order valence-corrected chi connectivity index (χ1v) is 6.60. The highest BCUT2D eigenvalue weighted by Crippen LogP contribution is 2.35. The van der Waals surface area contributed by atoms with Crippen LogP contribution in [0.25, 0.3) is 0 Å². The molecule has 0 nitrogen and oxygen atoms in total. The molecule has 0 heterocycles. The second kappa shape index (κ2) is 6.15. The van der Waals surface area contributed by atoms with Gasteiger partial charge in [0.25, 0.3) is 0 Å². The first kappa shape index (κ1) is 12.5. The van der Waals surface area contributed by atoms with Crippen molar-refractivity contribution in [3.8, 4) is 0 Å². The summed E-state index contributed by atoms with van der Waals surface area (Å²) >= 11 is 0. The van der Waals surface area contributed by atoms with Crippen LogP contribution < -0.4 is 0 Å². The zero-order valence-electron chi connectivity index (χ0n) is 10.9. The molecule has 0 amide bonds. The molecule has 0 heteroatoms. The Kier molecular flexibility index (Phi) is 5.14. The quantitative estimate of drug-likeness (QED) is 0.556. The molecule has 86 valence electrons. The molecule has 1 aliphatic rings. The van der Waals surface area contributed by atoms with E-state index in [9.17, 15) is 0 Å². The van der Waals surface area contributed by atoms with Gasteiger partial charge in [-0.25, -0.2) is 0 Å². The molecular weight excluding hydrogens is 180 g/mol. The lowest BCUT2D eigenvalue weighted by Crippen LogP contribution is -1.96. The topological polar surface area (TPSA) is 0 Å². The summed E-state index contributed by atoms with van der Waals surface area (Å²) in [5.74, 6) is 0.725. The van der Waals surface area contributed by atoms with Gasteiger partial charge >= 0.3 is 0 Å². The molecule has 0 aromatic rings. The summed E-state index contributed by atoms with van der Waals surface area (Å²) in [6, 6.07) is 0. The summed E-state index contributed by atoms with van der Waals surface area (Å²) in [6.07, 6.45) is 10.4. The van der Waals surface area contributed by atoms with Gasteiger partial charge in [-0.2, -0.15) is 0 Å². The number of allylic oxidation sites excluding steroid dienone is 4. The summed E-state index contributed by atoms with van der Waals surface area (Å²) in [4.78, 5) is 0. The molecule has 0 aliphatic heterocycles. The van der Waals surface area contributed by atoms with E-state index in [0.717, 1.165) is 5.92 Å². The van der Waals surface area contributed by atoms with Crippen LogP contribution in [0.4, 0.5) is 0 Å². The van der Waals surface area contributed by atoms with Gasteiger partial charge in [-0.05, 0) is 44.1 Å². The van der Waals surface area contributed by atoms with Gasteiger partial charge in [-0.1, -0.05) is 50.8 Å². The zero-order chi connectivity index (χ0) is 11.3. The van der Waals surface area contributed by atoms with Gasteiger partial charge in [0.05, 0.1) is 0 Å². The molecule has 0 spiro atoms. The molecule has 0 bridgehead atoms. The Labute approximate surface area is 95.5 Å². The van der Waals surface area contributed by atoms with Gasteiger partial charge in [-0.3, -0.25) is 0 Å². The van der Waals surface area contributed by atoms with Crippen molar-refractivity contribution in [3.05, 3.63) is 22.8 Å². The molecule has 1 rings (SSSR count). The van der Waals surface area contributed by atoms with Crippen LogP contribution in [0.3, 0.4) is 0 Å². The van der Waals surface area contributed by atoms with E-state index in [-0.39, 0.29) is 0 Å². The Hall–Kier alpha value is -0.520. The number of hydrogen-bond donors (Lipinski definition) is 0. The predicted molar refractivity (Wildman–Crippen MR) is 69.0 cm³/mol. The van der Waals surface area contributed by atoms with Gasteiger partial charge in [-0.15, -0.1) is 0 Å². The van der Waals surface area contributed by atoms with E-state index in [1.165, 1.54) is 38.5 Å². The molecule has 0 aromatic heterocycles. The average molecular weight is 206 g/mol. The fourth-order valence-electron chi connectivity index (χ4n) is 2.32. The summed E-state index contributed by atoms with van der Waals surface area (Å²) in [5.41, 5.74) is 4.95. The maximum absolute atomic E-state index is 2.49. The van der Waals surface area contributed by atoms with Crippen LogP contribution in [-0.4, -0.2) is 0 Å². The van der Waals surface area contributed by atoms with Crippen LogP contribution in [0.5, 0.6) is 0 Å². The summed E-state index contributed by atoms with van der Waals surface area (Å²) in [6.45, 7) is 9.25. The highest BCUT2D eigenvalue weighted by atomic mass is 14.2. The highest BCUT2D eigenvalue weighted by molar-refractivity contribution is 5.40. The molecule has 0 saturated carbocycles. The van der Waals surface area contributed by atoms with E-state index in [1.807, 2.05) is 0 Å². The van der Waals surface area contributed by atoms with Crippen LogP contribution in [-0.2, 0) is 0 Å². The fourth-order valence-corrected chi connectivity index (χ4v) is 2.32. The van der Waals surface area contributed by atoms with Crippen LogP contribution in [0.15, 0.2) is 22.8 Å². The lowest BCUT2D eigenvalue weighted by molar-refractivity contribution is 0.701. The molecule has 0 radical (unpaired) electrons. The Morgan fingerprint density at radius 1 is 1.07 bits per heavy atom. The van der Waals surface area contributed by atoms with E-state index < -0.39 is 0 Å². The van der Waals surface area contributed by atoms with Crippen molar-refractivity contribution in [2.24, 2.45) is 5.92 Å². The summed E-state index contributed by atoms with van der Waals surface area (Å²) in [7, 11) is 0. The second-order valence-electron chi connectivity index (χ2n) is 4.86. The van der Waals surface area contributed by atoms with Crippen molar-refractivity contribution in [1.29, 1.82) is 0 Å². The maximum atomic E-state index is 2.49. The molecule has 1 unspecified atom stereocenters. The predicted octanol–water partition coefficient (Wildman–Crippen LogP) is 5.26. The molecule has 0 aromatic carbocycles. The molecule has 1 atom stereocenters. The number of rotatable bonds is 6. The number of unbranched alkanes of at least 4 members (excludes halogenated alkanes) is 2. The molecule has 0 N–H and O–H groups in total. The highest BCUT2D eigenvalue weighted by Gasteiger charge is 2.19. The third-order valence-electron chi connectivity index (χ3n) is 3.69. The summed E-state index contributed by atoms with van der Waals surface area (Å²) < 4.78 is 0. The van der Waals surface area contributed by atoms with Gasteiger partial charge in [0, 0.05) is 0 Å².